The Labute approximate surface area is 435 Å². The van der Waals surface area contributed by atoms with E-state index in [-0.39, 0.29) is 46.8 Å². The van der Waals surface area contributed by atoms with E-state index in [0.717, 1.165) is 0 Å². The molecular weight excluding hydrogens is 963 g/mol. The summed E-state index contributed by atoms with van der Waals surface area (Å²) in [6.07, 6.45) is 3.45. The summed E-state index contributed by atoms with van der Waals surface area (Å²) in [5.74, 6) is -0.653. The van der Waals surface area contributed by atoms with Gasteiger partial charge in [-0.3, -0.25) is 9.59 Å². The SMILES string of the molecule is CCCC(=O)O[C@H]1[C@H](C)O[C@@H](O[C@H]2[C@H](N(C)C)[C@@H](O)[C@H](O[C@H]3[C@H]4CC(O[Si](C)(C)C(C)(C)C)O[C@H](CC(=O)O[C@H](C)C/C=C/C=C/[C@H](O[Si](C)(C)C(C)(C)C)[C@H](C)C4)[C@@H]3OC)O[C@@H]2C)C[C@@]1(C)OCSC. The molecule has 412 valence electrons. The maximum absolute atomic E-state index is 13.9. The van der Waals surface area contributed by atoms with Gasteiger partial charge in [-0.25, -0.2) is 0 Å². The van der Waals surface area contributed by atoms with Crippen molar-refractivity contribution in [3.8, 4) is 0 Å². The molecule has 0 aromatic rings. The number of fused-ring (bicyclic) bond motifs is 3. The molecule has 2 bridgehead atoms. The first kappa shape index (κ1) is 62.3. The molecule has 3 fully saturated rings. The fourth-order valence-corrected chi connectivity index (χ4v) is 12.6. The lowest BCUT2D eigenvalue weighted by Gasteiger charge is -2.51. The van der Waals surface area contributed by atoms with Crippen LogP contribution in [0.2, 0.25) is 36.3 Å². The maximum Gasteiger partial charge on any atom is 0.308 e. The Morgan fingerprint density at radius 1 is 0.887 bits per heavy atom. The summed E-state index contributed by atoms with van der Waals surface area (Å²) < 4.78 is 73.5. The van der Waals surface area contributed by atoms with E-state index >= 15 is 0 Å². The van der Waals surface area contributed by atoms with E-state index in [4.69, 9.17) is 51.5 Å². The van der Waals surface area contributed by atoms with Crippen LogP contribution in [0, 0.1) is 11.8 Å². The minimum Gasteiger partial charge on any atom is -0.462 e. The number of hydrogen-bond donors (Lipinski definition) is 1. The molecule has 0 aliphatic carbocycles. The van der Waals surface area contributed by atoms with Crippen LogP contribution in [0.5, 0.6) is 0 Å². The van der Waals surface area contributed by atoms with Crippen molar-refractivity contribution < 1.29 is 66.2 Å². The third-order valence-corrected chi connectivity index (χ3v) is 25.1. The molecule has 3 saturated heterocycles. The number of hydrogen-bond acceptors (Lipinski definition) is 16. The standard InChI is InChI=1S/C53H97NO14SSi2/c1-21-25-40(55)64-49-36(5)61-43(31-53(49,12)59-32-69-16)65-46-35(4)62-50(45(57)44(46)54(13)14)66-47-37-28-33(2)38(67-70(17,18)51(6,7)8)27-24-22-23-26-34(3)60-41(56)30-39(48(47)58-15)63-42(29-37)68-71(19,20)52(9,10)11/h22-24,27,33-39,42-50,57H,21,25-26,28-32H2,1-20H3/b23-22+,27-24+/t33-,34-,35-,36+,37-,38+,39-,42?,43+,44-,45-,46-,47+,48+,49+,50+,53-/m1/s1. The Bertz CT molecular complexity index is 1740. The Balaban J connectivity index is 1.79. The van der Waals surface area contributed by atoms with Gasteiger partial charge < -0.3 is 61.5 Å². The number of allylic oxidation sites excluding steroid dienone is 2. The highest BCUT2D eigenvalue weighted by atomic mass is 32.2. The van der Waals surface area contributed by atoms with Gasteiger partial charge >= 0.3 is 11.9 Å². The molecule has 17 atom stereocenters. The summed E-state index contributed by atoms with van der Waals surface area (Å²) in [4.78, 5) is 28.6. The molecule has 1 N–H and O–H groups in total. The second-order valence-corrected chi connectivity index (χ2v) is 34.5. The molecule has 4 rings (SSSR count). The summed E-state index contributed by atoms with van der Waals surface area (Å²) in [6.45, 7) is 34.1. The molecule has 4 heterocycles. The number of esters is 2. The van der Waals surface area contributed by atoms with E-state index < -0.39 is 108 Å². The molecule has 4 aliphatic heterocycles. The van der Waals surface area contributed by atoms with Crippen molar-refractivity contribution in [1.82, 2.24) is 4.90 Å². The zero-order chi connectivity index (χ0) is 53.4. The number of aliphatic hydroxyl groups excluding tert-OH is 1. The van der Waals surface area contributed by atoms with E-state index in [0.29, 0.717) is 38.0 Å². The Kier molecular flexibility index (Phi) is 23.0. The normalized spacial score (nSPS) is 38.4. The predicted octanol–water partition coefficient (Wildman–Crippen LogP) is 9.76. The van der Waals surface area contributed by atoms with E-state index in [2.05, 4.69) is 80.7 Å². The number of methoxy groups -OCH3 is 1. The Hall–Kier alpha value is -1.24. The molecule has 0 aromatic heterocycles. The second-order valence-electron chi connectivity index (χ2n) is 24.1. The quantitative estimate of drug-likeness (QED) is 0.0884. The maximum atomic E-state index is 13.9. The van der Waals surface area contributed by atoms with Crippen LogP contribution in [0.25, 0.3) is 0 Å². The highest BCUT2D eigenvalue weighted by molar-refractivity contribution is 7.98. The lowest BCUT2D eigenvalue weighted by Crippen LogP contribution is -2.66. The molecule has 18 heteroatoms. The van der Waals surface area contributed by atoms with Crippen LogP contribution < -0.4 is 0 Å². The van der Waals surface area contributed by atoms with Gasteiger partial charge in [0.1, 0.15) is 36.3 Å². The number of likely N-dealkylation sites (N-methyl/N-ethyl adjacent to an activating group) is 1. The van der Waals surface area contributed by atoms with E-state index in [1.807, 2.05) is 78.1 Å². The van der Waals surface area contributed by atoms with E-state index in [1.165, 1.54) is 11.8 Å². The van der Waals surface area contributed by atoms with Gasteiger partial charge in [0.05, 0.1) is 48.9 Å². The van der Waals surface area contributed by atoms with Crippen LogP contribution in [0.4, 0.5) is 0 Å². The Morgan fingerprint density at radius 3 is 2.13 bits per heavy atom. The fourth-order valence-electron chi connectivity index (χ4n) is 9.70. The van der Waals surface area contributed by atoms with Crippen LogP contribution in [-0.2, 0) is 61.1 Å². The first-order chi connectivity index (χ1) is 32.9. The van der Waals surface area contributed by atoms with Crippen molar-refractivity contribution in [2.24, 2.45) is 11.8 Å². The van der Waals surface area contributed by atoms with Crippen LogP contribution in [0.15, 0.2) is 24.3 Å². The molecule has 0 saturated carbocycles. The zero-order valence-electron chi connectivity index (χ0n) is 47.3. The number of carbonyl (C=O) groups is 2. The molecule has 0 radical (unpaired) electrons. The lowest BCUT2D eigenvalue weighted by molar-refractivity contribution is -0.345. The van der Waals surface area contributed by atoms with E-state index in [1.54, 1.807) is 7.11 Å². The van der Waals surface area contributed by atoms with Gasteiger partial charge in [-0.1, -0.05) is 79.7 Å². The third-order valence-electron chi connectivity index (χ3n) is 15.8. The molecule has 4 aliphatic rings. The van der Waals surface area contributed by atoms with Crippen LogP contribution >= 0.6 is 11.8 Å². The van der Waals surface area contributed by atoms with Crippen molar-refractivity contribution in [2.75, 3.05) is 33.4 Å². The van der Waals surface area contributed by atoms with Gasteiger partial charge in [-0.2, -0.15) is 0 Å². The molecular formula is C53H97NO14SSi2. The first-order valence-corrected chi connectivity index (χ1v) is 33.4. The molecule has 0 aromatic carbocycles. The predicted molar refractivity (Wildman–Crippen MR) is 284 cm³/mol. The number of nitrogens with zero attached hydrogens (tertiary/aromatic N) is 1. The summed E-state index contributed by atoms with van der Waals surface area (Å²) in [5, 5.41) is 12.4. The van der Waals surface area contributed by atoms with Gasteiger partial charge in [-0.15, -0.1) is 11.8 Å². The van der Waals surface area contributed by atoms with Gasteiger partial charge in [0.15, 0.2) is 35.3 Å². The summed E-state index contributed by atoms with van der Waals surface area (Å²) in [6, 6.07) is -0.630. The van der Waals surface area contributed by atoms with Crippen molar-refractivity contribution in [3.63, 3.8) is 0 Å². The van der Waals surface area contributed by atoms with Crippen molar-refractivity contribution >= 4 is 40.3 Å². The van der Waals surface area contributed by atoms with Crippen LogP contribution in [0.1, 0.15) is 128 Å². The highest BCUT2D eigenvalue weighted by Crippen LogP contribution is 2.45. The monoisotopic (exact) mass is 1060 g/mol. The van der Waals surface area contributed by atoms with Crippen LogP contribution in [0.3, 0.4) is 0 Å². The third kappa shape index (κ3) is 16.6. The van der Waals surface area contributed by atoms with Gasteiger partial charge in [-0.05, 0) is 109 Å². The molecule has 0 spiro atoms. The molecule has 1 unspecified atom stereocenters. The molecule has 15 nitrogen and oxygen atoms in total. The summed E-state index contributed by atoms with van der Waals surface area (Å²) in [7, 11) is 0.675. The topological polar surface area (TPSA) is 159 Å². The molecule has 71 heavy (non-hydrogen) atoms. The van der Waals surface area contributed by atoms with Crippen LogP contribution in [-0.4, -0.2) is 164 Å². The smallest absolute Gasteiger partial charge is 0.308 e. The van der Waals surface area contributed by atoms with Gasteiger partial charge in [0.2, 0.25) is 0 Å². The minimum absolute atomic E-state index is 0.0223. The average Bonchev–Trinajstić information content (AvgIpc) is 3.35. The van der Waals surface area contributed by atoms with Crippen molar-refractivity contribution in [1.29, 1.82) is 0 Å². The number of cyclic esters (lactones) is 1. The van der Waals surface area contributed by atoms with E-state index in [9.17, 15) is 14.7 Å². The average molecular weight is 1060 g/mol. The summed E-state index contributed by atoms with van der Waals surface area (Å²) >= 11 is 1.53. The number of thioether (sulfide) groups is 1. The number of ether oxygens (including phenoxy) is 9. The largest absolute Gasteiger partial charge is 0.462 e. The Morgan fingerprint density at radius 2 is 1.54 bits per heavy atom. The summed E-state index contributed by atoms with van der Waals surface area (Å²) in [5.41, 5.74) is -0.917. The first-order valence-electron chi connectivity index (χ1n) is 26.2. The zero-order valence-corrected chi connectivity index (χ0v) is 50.1. The van der Waals surface area contributed by atoms with Crippen molar-refractivity contribution in [3.05, 3.63) is 24.3 Å². The number of carbonyl (C=O) groups excluding carboxylic acids is 2. The second kappa shape index (κ2) is 26.2. The van der Waals surface area contributed by atoms with Gasteiger partial charge in [0, 0.05) is 32.8 Å². The number of aliphatic hydroxyl groups is 1. The van der Waals surface area contributed by atoms with Crippen molar-refractivity contribution in [2.45, 2.75) is 256 Å². The fraction of sp³-hybridized carbons (Fsp3) is 0.887. The molecule has 0 amide bonds. The lowest BCUT2D eigenvalue weighted by atomic mass is 9.83. The van der Waals surface area contributed by atoms with Gasteiger partial charge in [0.25, 0.3) is 0 Å². The number of rotatable bonds is 16. The highest BCUT2D eigenvalue weighted by Gasteiger charge is 2.55. The minimum atomic E-state index is -2.45.